The van der Waals surface area contributed by atoms with Crippen LogP contribution < -0.4 is 10.5 Å². The Morgan fingerprint density at radius 2 is 1.90 bits per heavy atom. The van der Waals surface area contributed by atoms with E-state index in [9.17, 15) is 12.8 Å². The zero-order valence-electron chi connectivity index (χ0n) is 11.7. The molecular formula is C15H16FNO3S. The van der Waals surface area contributed by atoms with Crippen LogP contribution in [0.2, 0.25) is 0 Å². The Balaban J connectivity index is 2.39. The van der Waals surface area contributed by atoms with Gasteiger partial charge in [0.05, 0.1) is 4.90 Å². The highest BCUT2D eigenvalue weighted by atomic mass is 32.2. The average Bonchev–Trinajstić information content (AvgIpc) is 2.40. The maximum atomic E-state index is 13.3. The Bertz CT molecular complexity index is 757. The third-order valence-corrected chi connectivity index (χ3v) is 4.03. The van der Waals surface area contributed by atoms with Crippen LogP contribution >= 0.6 is 0 Å². The SMILES string of the molecule is CC(N)c1cc(F)ccc1Oc1cccc(S(C)(=O)=O)c1. The van der Waals surface area contributed by atoms with Crippen molar-refractivity contribution >= 4 is 9.84 Å². The molecule has 0 amide bonds. The van der Waals surface area contributed by atoms with Gasteiger partial charge in [0.25, 0.3) is 0 Å². The predicted octanol–water partition coefficient (Wildman–Crippen LogP) is 3.04. The smallest absolute Gasteiger partial charge is 0.175 e. The van der Waals surface area contributed by atoms with Gasteiger partial charge in [-0.3, -0.25) is 0 Å². The molecule has 0 radical (unpaired) electrons. The van der Waals surface area contributed by atoms with Gasteiger partial charge in [0.2, 0.25) is 0 Å². The summed E-state index contributed by atoms with van der Waals surface area (Å²) in [5.74, 6) is 0.350. The molecular weight excluding hydrogens is 293 g/mol. The van der Waals surface area contributed by atoms with Crippen molar-refractivity contribution < 1.29 is 17.5 Å². The largest absolute Gasteiger partial charge is 0.457 e. The summed E-state index contributed by atoms with van der Waals surface area (Å²) in [4.78, 5) is 0.157. The van der Waals surface area contributed by atoms with Crippen LogP contribution in [0.4, 0.5) is 4.39 Å². The number of hydrogen-bond donors (Lipinski definition) is 1. The van der Waals surface area contributed by atoms with Crippen LogP contribution in [0.15, 0.2) is 47.4 Å². The van der Waals surface area contributed by atoms with E-state index in [1.54, 1.807) is 19.1 Å². The van der Waals surface area contributed by atoms with Gasteiger partial charge >= 0.3 is 0 Å². The monoisotopic (exact) mass is 309 g/mol. The molecule has 0 aromatic heterocycles. The molecule has 1 atom stereocenters. The summed E-state index contributed by atoms with van der Waals surface area (Å²) < 4.78 is 42.0. The molecule has 0 saturated heterocycles. The molecule has 2 aromatic rings. The zero-order chi connectivity index (χ0) is 15.6. The van der Waals surface area contributed by atoms with Crippen molar-refractivity contribution in [2.75, 3.05) is 6.26 Å². The van der Waals surface area contributed by atoms with Crippen LogP contribution in [-0.2, 0) is 9.84 Å². The molecule has 2 rings (SSSR count). The molecule has 0 saturated carbocycles. The molecule has 1 unspecified atom stereocenters. The number of ether oxygens (including phenoxy) is 1. The standard InChI is InChI=1S/C15H16FNO3S/c1-10(17)14-8-11(16)6-7-15(14)20-12-4-3-5-13(9-12)21(2,18)19/h3-10H,17H2,1-2H3. The fourth-order valence-electron chi connectivity index (χ4n) is 1.86. The van der Waals surface area contributed by atoms with Gasteiger partial charge in [-0.15, -0.1) is 0 Å². The summed E-state index contributed by atoms with van der Waals surface area (Å²) in [7, 11) is -3.32. The van der Waals surface area contributed by atoms with E-state index in [0.29, 0.717) is 17.1 Å². The van der Waals surface area contributed by atoms with Crippen molar-refractivity contribution in [3.63, 3.8) is 0 Å². The number of hydrogen-bond acceptors (Lipinski definition) is 4. The first-order valence-corrected chi connectivity index (χ1v) is 8.19. The second-order valence-electron chi connectivity index (χ2n) is 4.82. The lowest BCUT2D eigenvalue weighted by molar-refractivity contribution is 0.467. The molecule has 0 fully saturated rings. The Kier molecular flexibility index (Phi) is 4.29. The number of sulfone groups is 1. The van der Waals surface area contributed by atoms with Crippen molar-refractivity contribution in [1.29, 1.82) is 0 Å². The van der Waals surface area contributed by atoms with E-state index < -0.39 is 21.7 Å². The quantitative estimate of drug-likeness (QED) is 0.942. The highest BCUT2D eigenvalue weighted by Gasteiger charge is 2.12. The van der Waals surface area contributed by atoms with Crippen LogP contribution in [0, 0.1) is 5.82 Å². The third kappa shape index (κ3) is 3.80. The summed E-state index contributed by atoms with van der Waals surface area (Å²) in [6.07, 6.45) is 1.12. The lowest BCUT2D eigenvalue weighted by Gasteiger charge is -2.14. The highest BCUT2D eigenvalue weighted by molar-refractivity contribution is 7.90. The number of rotatable bonds is 4. The maximum absolute atomic E-state index is 13.3. The van der Waals surface area contributed by atoms with E-state index >= 15 is 0 Å². The first-order valence-electron chi connectivity index (χ1n) is 6.30. The predicted molar refractivity (Wildman–Crippen MR) is 78.6 cm³/mol. The fraction of sp³-hybridized carbons (Fsp3) is 0.200. The van der Waals surface area contributed by atoms with Crippen molar-refractivity contribution in [2.24, 2.45) is 5.73 Å². The molecule has 0 aliphatic heterocycles. The van der Waals surface area contributed by atoms with Crippen LogP contribution in [0.3, 0.4) is 0 Å². The minimum absolute atomic E-state index is 0.157. The summed E-state index contributed by atoms with van der Waals surface area (Å²) >= 11 is 0. The van der Waals surface area contributed by atoms with Gasteiger partial charge in [-0.2, -0.15) is 0 Å². The molecule has 0 spiro atoms. The molecule has 112 valence electrons. The summed E-state index contributed by atoms with van der Waals surface area (Å²) in [5.41, 5.74) is 6.31. The molecule has 0 aliphatic rings. The van der Waals surface area contributed by atoms with Crippen LogP contribution in [-0.4, -0.2) is 14.7 Å². The van der Waals surface area contributed by atoms with Gasteiger partial charge in [-0.05, 0) is 43.3 Å². The van der Waals surface area contributed by atoms with E-state index in [4.69, 9.17) is 10.5 Å². The highest BCUT2D eigenvalue weighted by Crippen LogP contribution is 2.30. The van der Waals surface area contributed by atoms with E-state index in [1.807, 2.05) is 0 Å². The second kappa shape index (κ2) is 5.83. The van der Waals surface area contributed by atoms with Gasteiger partial charge in [0, 0.05) is 17.9 Å². The number of halogens is 1. The molecule has 6 heteroatoms. The zero-order valence-corrected chi connectivity index (χ0v) is 12.5. The minimum atomic E-state index is -3.32. The van der Waals surface area contributed by atoms with E-state index in [2.05, 4.69) is 0 Å². The van der Waals surface area contributed by atoms with Crippen molar-refractivity contribution in [3.8, 4) is 11.5 Å². The van der Waals surface area contributed by atoms with Gasteiger partial charge < -0.3 is 10.5 Å². The molecule has 0 bridgehead atoms. The number of benzene rings is 2. The van der Waals surface area contributed by atoms with Gasteiger partial charge in [0.15, 0.2) is 9.84 Å². The average molecular weight is 309 g/mol. The van der Waals surface area contributed by atoms with E-state index in [1.165, 1.54) is 30.3 Å². The lowest BCUT2D eigenvalue weighted by Crippen LogP contribution is -2.07. The maximum Gasteiger partial charge on any atom is 0.175 e. The van der Waals surface area contributed by atoms with Crippen LogP contribution in [0.1, 0.15) is 18.5 Å². The first-order chi connectivity index (χ1) is 9.77. The molecule has 0 aliphatic carbocycles. The number of nitrogens with two attached hydrogens (primary N) is 1. The van der Waals surface area contributed by atoms with E-state index in [-0.39, 0.29) is 4.90 Å². The first kappa shape index (κ1) is 15.5. The fourth-order valence-corrected chi connectivity index (χ4v) is 2.52. The third-order valence-electron chi connectivity index (χ3n) is 2.92. The van der Waals surface area contributed by atoms with Crippen LogP contribution in [0.25, 0.3) is 0 Å². The van der Waals surface area contributed by atoms with Crippen LogP contribution in [0.5, 0.6) is 11.5 Å². The Labute approximate surface area is 123 Å². The topological polar surface area (TPSA) is 69.4 Å². The lowest BCUT2D eigenvalue weighted by atomic mass is 10.1. The normalized spacial score (nSPS) is 13.0. The van der Waals surface area contributed by atoms with E-state index in [0.717, 1.165) is 6.26 Å². The molecule has 21 heavy (non-hydrogen) atoms. The summed E-state index contributed by atoms with van der Waals surface area (Å²) in [6, 6.07) is 9.75. The van der Waals surface area contributed by atoms with Gasteiger partial charge in [0.1, 0.15) is 17.3 Å². The van der Waals surface area contributed by atoms with Gasteiger partial charge in [-0.25, -0.2) is 12.8 Å². The van der Waals surface area contributed by atoms with Crippen molar-refractivity contribution in [2.45, 2.75) is 17.9 Å². The summed E-state index contributed by atoms with van der Waals surface area (Å²) in [5, 5.41) is 0. The molecule has 4 nitrogen and oxygen atoms in total. The Morgan fingerprint density at radius 3 is 2.52 bits per heavy atom. The van der Waals surface area contributed by atoms with Crippen molar-refractivity contribution in [3.05, 3.63) is 53.8 Å². The Hall–Kier alpha value is -1.92. The second-order valence-corrected chi connectivity index (χ2v) is 6.84. The molecule has 2 N–H and O–H groups in total. The molecule has 2 aromatic carbocycles. The summed E-state index contributed by atoms with van der Waals surface area (Å²) in [6.45, 7) is 1.72. The van der Waals surface area contributed by atoms with Crippen molar-refractivity contribution in [1.82, 2.24) is 0 Å². The minimum Gasteiger partial charge on any atom is -0.457 e. The van der Waals surface area contributed by atoms with Gasteiger partial charge in [-0.1, -0.05) is 6.07 Å². The Morgan fingerprint density at radius 1 is 1.19 bits per heavy atom. The molecule has 0 heterocycles.